The molecule has 0 aliphatic carbocycles. The molecule has 0 fully saturated rings. The van der Waals surface area contributed by atoms with E-state index in [9.17, 15) is 9.50 Å². The molecule has 0 aliphatic rings. The number of ether oxygens (including phenoxy) is 1. The molecule has 1 unspecified atom stereocenters. The highest BCUT2D eigenvalue weighted by molar-refractivity contribution is 8.01. The lowest BCUT2D eigenvalue weighted by atomic mass is 10.1. The molecule has 0 spiro atoms. The Morgan fingerprint density at radius 2 is 2.04 bits per heavy atom. The summed E-state index contributed by atoms with van der Waals surface area (Å²) in [6.07, 6.45) is -0.670. The standard InChI is InChI=1S/C20H22FN3O2S2/c1-13-7-8-18(14(2)9-13)22-19-23-24-20(28-19)27-12-16(25)11-26-10-15-5-3-4-6-17(15)21/h3-9,16,25H,10-12H2,1-2H3,(H,22,23). The van der Waals surface area contributed by atoms with Crippen molar-refractivity contribution in [1.29, 1.82) is 0 Å². The van der Waals surface area contributed by atoms with Crippen LogP contribution in [0.5, 0.6) is 0 Å². The van der Waals surface area contributed by atoms with Crippen molar-refractivity contribution in [1.82, 2.24) is 10.2 Å². The Kier molecular flexibility index (Phi) is 7.38. The number of nitrogens with zero attached hydrogens (tertiary/aromatic N) is 2. The smallest absolute Gasteiger partial charge is 0.210 e. The number of hydrogen-bond acceptors (Lipinski definition) is 7. The Balaban J connectivity index is 1.43. The summed E-state index contributed by atoms with van der Waals surface area (Å²) in [6.45, 7) is 4.37. The molecule has 0 bridgehead atoms. The largest absolute Gasteiger partial charge is 0.390 e. The fourth-order valence-electron chi connectivity index (χ4n) is 2.52. The zero-order chi connectivity index (χ0) is 19.9. The van der Waals surface area contributed by atoms with Gasteiger partial charge in [-0.3, -0.25) is 0 Å². The van der Waals surface area contributed by atoms with Crippen molar-refractivity contribution < 1.29 is 14.2 Å². The topological polar surface area (TPSA) is 67.3 Å². The number of halogens is 1. The molecule has 148 valence electrons. The maximum absolute atomic E-state index is 13.5. The summed E-state index contributed by atoms with van der Waals surface area (Å²) in [7, 11) is 0. The highest BCUT2D eigenvalue weighted by Gasteiger charge is 2.11. The van der Waals surface area contributed by atoms with Crippen molar-refractivity contribution in [3.05, 3.63) is 65.0 Å². The summed E-state index contributed by atoms with van der Waals surface area (Å²) >= 11 is 2.85. The second-order valence-electron chi connectivity index (χ2n) is 6.39. The van der Waals surface area contributed by atoms with E-state index in [1.54, 1.807) is 18.2 Å². The molecule has 1 heterocycles. The van der Waals surface area contributed by atoms with E-state index in [0.717, 1.165) is 15.6 Å². The number of rotatable bonds is 9. The Labute approximate surface area is 172 Å². The molecule has 0 saturated heterocycles. The molecule has 5 nitrogen and oxygen atoms in total. The van der Waals surface area contributed by atoms with Gasteiger partial charge in [0.25, 0.3) is 0 Å². The van der Waals surface area contributed by atoms with Crippen molar-refractivity contribution in [2.45, 2.75) is 30.9 Å². The number of anilines is 2. The van der Waals surface area contributed by atoms with Gasteiger partial charge in [-0.15, -0.1) is 10.2 Å². The van der Waals surface area contributed by atoms with Gasteiger partial charge in [-0.1, -0.05) is 59.0 Å². The van der Waals surface area contributed by atoms with Crippen LogP contribution in [-0.2, 0) is 11.3 Å². The van der Waals surface area contributed by atoms with E-state index in [2.05, 4.69) is 28.5 Å². The molecule has 0 aliphatic heterocycles. The number of aromatic nitrogens is 2. The third kappa shape index (κ3) is 6.00. The Morgan fingerprint density at radius 3 is 2.82 bits per heavy atom. The van der Waals surface area contributed by atoms with E-state index in [1.165, 1.54) is 34.7 Å². The summed E-state index contributed by atoms with van der Waals surface area (Å²) in [6, 6.07) is 12.6. The number of hydrogen-bond donors (Lipinski definition) is 2. The summed E-state index contributed by atoms with van der Waals surface area (Å²) in [5.41, 5.74) is 3.84. The maximum Gasteiger partial charge on any atom is 0.210 e. The van der Waals surface area contributed by atoms with E-state index in [0.29, 0.717) is 16.4 Å². The Morgan fingerprint density at radius 1 is 1.21 bits per heavy atom. The van der Waals surface area contributed by atoms with Gasteiger partial charge >= 0.3 is 0 Å². The zero-order valence-electron chi connectivity index (χ0n) is 15.7. The first-order valence-electron chi connectivity index (χ1n) is 8.81. The molecule has 0 amide bonds. The lowest BCUT2D eigenvalue weighted by Gasteiger charge is -2.10. The van der Waals surface area contributed by atoms with Crippen LogP contribution in [0.15, 0.2) is 46.8 Å². The fraction of sp³-hybridized carbons (Fsp3) is 0.300. The molecule has 2 aromatic carbocycles. The average Bonchev–Trinajstić information content (AvgIpc) is 3.11. The van der Waals surface area contributed by atoms with Gasteiger partial charge in [-0.2, -0.15) is 0 Å². The zero-order valence-corrected chi connectivity index (χ0v) is 17.3. The lowest BCUT2D eigenvalue weighted by Crippen LogP contribution is -2.18. The molecular formula is C20H22FN3O2S2. The number of thioether (sulfide) groups is 1. The molecule has 8 heteroatoms. The molecule has 28 heavy (non-hydrogen) atoms. The highest BCUT2D eigenvalue weighted by atomic mass is 32.2. The molecule has 1 aromatic heterocycles. The summed E-state index contributed by atoms with van der Waals surface area (Å²) < 4.78 is 19.7. The first kappa shape index (κ1) is 20.7. The lowest BCUT2D eigenvalue weighted by molar-refractivity contribution is 0.0387. The van der Waals surface area contributed by atoms with Gasteiger partial charge in [0, 0.05) is 17.0 Å². The van der Waals surface area contributed by atoms with E-state index in [1.807, 2.05) is 19.1 Å². The van der Waals surface area contributed by atoms with Crippen LogP contribution in [0.1, 0.15) is 16.7 Å². The fourth-order valence-corrected chi connectivity index (χ4v) is 4.22. The summed E-state index contributed by atoms with van der Waals surface area (Å²) in [5, 5.41) is 22.3. The molecule has 1 atom stereocenters. The van der Waals surface area contributed by atoms with Crippen molar-refractivity contribution in [3.63, 3.8) is 0 Å². The minimum absolute atomic E-state index is 0.133. The summed E-state index contributed by atoms with van der Waals surface area (Å²) in [4.78, 5) is 0. The molecule has 3 aromatic rings. The van der Waals surface area contributed by atoms with Gasteiger partial charge in [-0.05, 0) is 31.5 Å². The molecule has 0 saturated carbocycles. The second-order valence-corrected chi connectivity index (χ2v) is 8.63. The molecule has 3 rings (SSSR count). The van der Waals surface area contributed by atoms with Gasteiger partial charge in [0.15, 0.2) is 4.34 Å². The quantitative estimate of drug-likeness (QED) is 0.490. The third-order valence-corrected chi connectivity index (χ3v) is 6.07. The van der Waals surface area contributed by atoms with E-state index >= 15 is 0 Å². The van der Waals surface area contributed by atoms with Crippen molar-refractivity contribution >= 4 is 33.9 Å². The summed E-state index contributed by atoms with van der Waals surface area (Å²) in [5.74, 6) is 0.124. The van der Waals surface area contributed by atoms with Crippen molar-refractivity contribution in [2.75, 3.05) is 17.7 Å². The monoisotopic (exact) mass is 419 g/mol. The molecule has 0 radical (unpaired) electrons. The van der Waals surface area contributed by atoms with Gasteiger partial charge in [0.05, 0.1) is 19.3 Å². The van der Waals surface area contributed by atoms with Crippen molar-refractivity contribution in [2.24, 2.45) is 0 Å². The predicted octanol–water partition coefficient (Wildman–Crippen LogP) is 4.71. The molecule has 2 N–H and O–H groups in total. The first-order chi connectivity index (χ1) is 13.5. The van der Waals surface area contributed by atoms with Crippen LogP contribution in [0.2, 0.25) is 0 Å². The third-order valence-electron chi connectivity index (χ3n) is 3.95. The number of benzene rings is 2. The van der Waals surface area contributed by atoms with Crippen LogP contribution < -0.4 is 5.32 Å². The van der Waals surface area contributed by atoms with Crippen LogP contribution in [0.25, 0.3) is 0 Å². The number of nitrogens with one attached hydrogen (secondary N) is 1. The van der Waals surface area contributed by atoms with E-state index in [4.69, 9.17) is 4.74 Å². The number of aryl methyl sites for hydroxylation is 2. The van der Waals surface area contributed by atoms with Crippen LogP contribution in [0, 0.1) is 19.7 Å². The van der Waals surface area contributed by atoms with Gasteiger partial charge in [0.2, 0.25) is 5.13 Å². The molecular weight excluding hydrogens is 397 g/mol. The van der Waals surface area contributed by atoms with Gasteiger partial charge in [-0.25, -0.2) is 4.39 Å². The van der Waals surface area contributed by atoms with Crippen molar-refractivity contribution in [3.8, 4) is 0 Å². The SMILES string of the molecule is Cc1ccc(Nc2nnc(SCC(O)COCc3ccccc3F)s2)c(C)c1. The van der Waals surface area contributed by atoms with E-state index in [-0.39, 0.29) is 19.0 Å². The van der Waals surface area contributed by atoms with Crippen LogP contribution >= 0.6 is 23.1 Å². The van der Waals surface area contributed by atoms with Gasteiger partial charge in [0.1, 0.15) is 5.82 Å². The number of aliphatic hydroxyl groups excluding tert-OH is 1. The minimum atomic E-state index is -0.670. The maximum atomic E-state index is 13.5. The van der Waals surface area contributed by atoms with Crippen LogP contribution in [0.3, 0.4) is 0 Å². The van der Waals surface area contributed by atoms with E-state index < -0.39 is 6.10 Å². The van der Waals surface area contributed by atoms with Crippen LogP contribution in [0.4, 0.5) is 15.2 Å². The predicted molar refractivity (Wildman–Crippen MR) is 112 cm³/mol. The van der Waals surface area contributed by atoms with Gasteiger partial charge < -0.3 is 15.2 Å². The van der Waals surface area contributed by atoms with Crippen LogP contribution in [-0.4, -0.2) is 33.8 Å². The Hall–Kier alpha value is -2.00. The average molecular weight is 420 g/mol. The normalized spacial score (nSPS) is 12.1. The second kappa shape index (κ2) is 9.97. The first-order valence-corrected chi connectivity index (χ1v) is 10.6. The Bertz CT molecular complexity index is 920. The minimum Gasteiger partial charge on any atom is -0.390 e. The number of aliphatic hydroxyl groups is 1. The highest BCUT2D eigenvalue weighted by Crippen LogP contribution is 2.29.